The molecular weight excluding hydrogens is 360 g/mol. The number of nitrogens with zero attached hydrogens (tertiary/aromatic N) is 3. The second-order valence-electron chi connectivity index (χ2n) is 5.29. The van der Waals surface area contributed by atoms with Crippen molar-refractivity contribution in [3.05, 3.63) is 46.1 Å². The van der Waals surface area contributed by atoms with E-state index in [4.69, 9.17) is 4.74 Å². The zero-order valence-electron chi connectivity index (χ0n) is 12.8. The van der Waals surface area contributed by atoms with Crippen LogP contribution in [0.1, 0.15) is 16.1 Å². The summed E-state index contributed by atoms with van der Waals surface area (Å²) >= 11 is 3.40. The van der Waals surface area contributed by atoms with Gasteiger partial charge in [-0.2, -0.15) is 0 Å². The van der Waals surface area contributed by atoms with Gasteiger partial charge in [-0.25, -0.2) is 0 Å². The summed E-state index contributed by atoms with van der Waals surface area (Å²) in [6.07, 6.45) is 0. The predicted octanol–water partition coefficient (Wildman–Crippen LogP) is 2.64. The molecule has 1 saturated heterocycles. The number of halogens is 1. The van der Waals surface area contributed by atoms with Gasteiger partial charge >= 0.3 is 0 Å². The van der Waals surface area contributed by atoms with Crippen LogP contribution in [0.4, 0.5) is 11.5 Å². The highest BCUT2D eigenvalue weighted by molar-refractivity contribution is 9.10. The summed E-state index contributed by atoms with van der Waals surface area (Å²) in [4.78, 5) is 14.4. The Bertz CT molecular complexity index is 700. The van der Waals surface area contributed by atoms with E-state index in [0.29, 0.717) is 18.9 Å². The molecule has 7 heteroatoms. The van der Waals surface area contributed by atoms with E-state index in [1.807, 2.05) is 31.2 Å². The zero-order valence-corrected chi connectivity index (χ0v) is 14.3. The Kier molecular flexibility index (Phi) is 4.88. The molecule has 1 fully saturated rings. The predicted molar refractivity (Wildman–Crippen MR) is 91.9 cm³/mol. The first-order chi connectivity index (χ1) is 11.1. The molecule has 0 bridgehead atoms. The zero-order chi connectivity index (χ0) is 16.2. The maximum atomic E-state index is 12.3. The van der Waals surface area contributed by atoms with Gasteiger partial charge in [0.2, 0.25) is 0 Å². The van der Waals surface area contributed by atoms with E-state index >= 15 is 0 Å². The molecule has 1 N–H and O–H groups in total. The van der Waals surface area contributed by atoms with Crippen LogP contribution in [0.2, 0.25) is 0 Å². The molecule has 0 saturated carbocycles. The van der Waals surface area contributed by atoms with E-state index in [-0.39, 0.29) is 5.91 Å². The van der Waals surface area contributed by atoms with Crippen LogP contribution in [0.3, 0.4) is 0 Å². The number of rotatable bonds is 3. The van der Waals surface area contributed by atoms with Crippen molar-refractivity contribution in [3.63, 3.8) is 0 Å². The van der Waals surface area contributed by atoms with Gasteiger partial charge in [0.05, 0.1) is 13.2 Å². The van der Waals surface area contributed by atoms with Crippen molar-refractivity contribution in [2.24, 2.45) is 0 Å². The number of benzene rings is 1. The van der Waals surface area contributed by atoms with Gasteiger partial charge in [0.25, 0.3) is 5.91 Å². The summed E-state index contributed by atoms with van der Waals surface area (Å²) in [6.45, 7) is 4.89. The van der Waals surface area contributed by atoms with E-state index in [1.165, 1.54) is 0 Å². The Labute approximate surface area is 143 Å². The van der Waals surface area contributed by atoms with E-state index in [2.05, 4.69) is 36.3 Å². The van der Waals surface area contributed by atoms with Crippen molar-refractivity contribution in [1.82, 2.24) is 10.2 Å². The van der Waals surface area contributed by atoms with Crippen molar-refractivity contribution in [1.29, 1.82) is 0 Å². The number of anilines is 2. The lowest BCUT2D eigenvalue weighted by Crippen LogP contribution is -2.37. The first kappa shape index (κ1) is 15.9. The number of hydrogen-bond acceptors (Lipinski definition) is 5. The second-order valence-corrected chi connectivity index (χ2v) is 6.21. The van der Waals surface area contributed by atoms with Gasteiger partial charge in [0.15, 0.2) is 11.5 Å². The fourth-order valence-electron chi connectivity index (χ4n) is 2.36. The quantitative estimate of drug-likeness (QED) is 0.891. The Hall–Kier alpha value is -1.99. The molecule has 0 atom stereocenters. The first-order valence-corrected chi connectivity index (χ1v) is 8.17. The Morgan fingerprint density at radius 3 is 2.65 bits per heavy atom. The summed E-state index contributed by atoms with van der Waals surface area (Å²) in [5, 5.41) is 11.1. The Morgan fingerprint density at radius 2 is 2.00 bits per heavy atom. The van der Waals surface area contributed by atoms with Crippen LogP contribution >= 0.6 is 15.9 Å². The molecule has 1 amide bonds. The van der Waals surface area contributed by atoms with Crippen molar-refractivity contribution < 1.29 is 9.53 Å². The maximum absolute atomic E-state index is 12.3. The molecule has 2 heterocycles. The number of hydrogen-bond donors (Lipinski definition) is 1. The molecule has 3 rings (SSSR count). The van der Waals surface area contributed by atoms with Gasteiger partial charge in [0.1, 0.15) is 0 Å². The number of aromatic nitrogens is 2. The highest BCUT2D eigenvalue weighted by atomic mass is 79.9. The number of amides is 1. The monoisotopic (exact) mass is 376 g/mol. The number of ether oxygens (including phenoxy) is 1. The molecule has 0 radical (unpaired) electrons. The van der Waals surface area contributed by atoms with Gasteiger partial charge in [-0.1, -0.05) is 15.9 Å². The minimum absolute atomic E-state index is 0.267. The summed E-state index contributed by atoms with van der Waals surface area (Å²) in [5.74, 6) is 0.501. The van der Waals surface area contributed by atoms with E-state index in [0.717, 1.165) is 34.6 Å². The van der Waals surface area contributed by atoms with E-state index in [9.17, 15) is 4.79 Å². The lowest BCUT2D eigenvalue weighted by atomic mass is 10.2. The number of aryl methyl sites for hydroxylation is 1. The van der Waals surface area contributed by atoms with Crippen LogP contribution in [0.15, 0.2) is 34.8 Å². The molecule has 1 aliphatic heterocycles. The van der Waals surface area contributed by atoms with Crippen molar-refractivity contribution >= 4 is 33.3 Å². The van der Waals surface area contributed by atoms with Crippen LogP contribution in [0, 0.1) is 6.92 Å². The van der Waals surface area contributed by atoms with Gasteiger partial charge in [-0.05, 0) is 42.8 Å². The van der Waals surface area contributed by atoms with Crippen LogP contribution in [0.25, 0.3) is 0 Å². The highest BCUT2D eigenvalue weighted by Gasteiger charge is 2.15. The van der Waals surface area contributed by atoms with E-state index < -0.39 is 0 Å². The van der Waals surface area contributed by atoms with Gasteiger partial charge in [-0.15, -0.1) is 10.2 Å². The molecule has 1 aromatic carbocycles. The standard InChI is InChI=1S/C16H17BrN4O2/c1-11-10-12(17)2-3-13(11)18-16(22)14-4-5-15(20-19-14)21-6-8-23-9-7-21/h2-5,10H,6-9H2,1H3,(H,18,22). The first-order valence-electron chi connectivity index (χ1n) is 7.37. The topological polar surface area (TPSA) is 67.4 Å². The Balaban J connectivity index is 1.69. The summed E-state index contributed by atoms with van der Waals surface area (Å²) in [5.41, 5.74) is 2.03. The fourth-order valence-corrected chi connectivity index (χ4v) is 2.84. The van der Waals surface area contributed by atoms with E-state index in [1.54, 1.807) is 6.07 Å². The molecular formula is C16H17BrN4O2. The third-order valence-corrected chi connectivity index (χ3v) is 4.15. The molecule has 0 aliphatic carbocycles. The normalized spacial score (nSPS) is 14.6. The molecule has 23 heavy (non-hydrogen) atoms. The van der Waals surface area contributed by atoms with Crippen LogP contribution in [0.5, 0.6) is 0 Å². The van der Waals surface area contributed by atoms with Crippen LogP contribution in [-0.4, -0.2) is 42.4 Å². The number of carbonyl (C=O) groups is 1. The third kappa shape index (κ3) is 3.86. The lowest BCUT2D eigenvalue weighted by molar-refractivity contribution is 0.102. The molecule has 1 aliphatic rings. The Morgan fingerprint density at radius 1 is 1.22 bits per heavy atom. The molecule has 0 unspecified atom stereocenters. The largest absolute Gasteiger partial charge is 0.378 e. The third-order valence-electron chi connectivity index (χ3n) is 3.65. The molecule has 1 aromatic heterocycles. The average molecular weight is 377 g/mol. The van der Waals surface area contributed by atoms with Gasteiger partial charge in [-0.3, -0.25) is 4.79 Å². The van der Waals surface area contributed by atoms with Crippen LogP contribution < -0.4 is 10.2 Å². The summed E-state index contributed by atoms with van der Waals surface area (Å²) in [7, 11) is 0. The lowest BCUT2D eigenvalue weighted by Gasteiger charge is -2.27. The average Bonchev–Trinajstić information content (AvgIpc) is 2.58. The molecule has 0 spiro atoms. The maximum Gasteiger partial charge on any atom is 0.276 e. The second kappa shape index (κ2) is 7.06. The molecule has 2 aromatic rings. The minimum Gasteiger partial charge on any atom is -0.378 e. The van der Waals surface area contributed by atoms with Gasteiger partial charge in [0, 0.05) is 23.2 Å². The summed E-state index contributed by atoms with van der Waals surface area (Å²) in [6, 6.07) is 9.20. The molecule has 120 valence electrons. The van der Waals surface area contributed by atoms with Crippen LogP contribution in [-0.2, 0) is 4.74 Å². The smallest absolute Gasteiger partial charge is 0.276 e. The van der Waals surface area contributed by atoms with Crippen molar-refractivity contribution in [2.75, 3.05) is 36.5 Å². The number of nitrogens with one attached hydrogen (secondary N) is 1. The van der Waals surface area contributed by atoms with Gasteiger partial charge < -0.3 is 15.0 Å². The fraction of sp³-hybridized carbons (Fsp3) is 0.312. The minimum atomic E-state index is -0.267. The summed E-state index contributed by atoms with van der Waals surface area (Å²) < 4.78 is 6.29. The SMILES string of the molecule is Cc1cc(Br)ccc1NC(=O)c1ccc(N2CCOCC2)nn1. The number of carbonyl (C=O) groups excluding carboxylic acids is 1. The highest BCUT2D eigenvalue weighted by Crippen LogP contribution is 2.20. The molecule has 6 nitrogen and oxygen atoms in total. The van der Waals surface area contributed by atoms with Crippen molar-refractivity contribution in [3.8, 4) is 0 Å². The van der Waals surface area contributed by atoms with Crippen molar-refractivity contribution in [2.45, 2.75) is 6.92 Å². The number of morpholine rings is 1.